The average Bonchev–Trinajstić information content (AvgIpc) is 2.68. The minimum absolute atomic E-state index is 0.0624. The summed E-state index contributed by atoms with van der Waals surface area (Å²) in [6.07, 6.45) is 3.07. The zero-order valence-electron chi connectivity index (χ0n) is 16.4. The van der Waals surface area contributed by atoms with Crippen molar-refractivity contribution in [3.8, 4) is 0 Å². The molecular formula is C21H30N2O4. The maximum absolute atomic E-state index is 12.9. The number of fused-ring (bicyclic) bond motifs is 1. The second-order valence-electron chi connectivity index (χ2n) is 7.31. The molecular weight excluding hydrogens is 344 g/mol. The summed E-state index contributed by atoms with van der Waals surface area (Å²) in [6, 6.07) is 6.19. The van der Waals surface area contributed by atoms with E-state index < -0.39 is 18.1 Å². The van der Waals surface area contributed by atoms with Crippen molar-refractivity contribution in [2.45, 2.75) is 71.5 Å². The summed E-state index contributed by atoms with van der Waals surface area (Å²) in [7, 11) is 0. The van der Waals surface area contributed by atoms with Crippen LogP contribution in [0.3, 0.4) is 0 Å². The molecule has 1 aromatic rings. The first kappa shape index (κ1) is 20.9. The normalized spacial score (nSPS) is 18.3. The summed E-state index contributed by atoms with van der Waals surface area (Å²) in [4.78, 5) is 38.9. The van der Waals surface area contributed by atoms with Crippen molar-refractivity contribution < 1.29 is 19.5 Å². The van der Waals surface area contributed by atoms with Crippen molar-refractivity contribution >= 4 is 17.8 Å². The quantitative estimate of drug-likeness (QED) is 0.732. The Balaban J connectivity index is 2.24. The monoisotopic (exact) mass is 374 g/mol. The molecule has 0 bridgehead atoms. The van der Waals surface area contributed by atoms with Crippen LogP contribution < -0.4 is 5.32 Å². The number of nitrogens with one attached hydrogen (secondary N) is 1. The highest BCUT2D eigenvalue weighted by Gasteiger charge is 2.37. The molecule has 6 nitrogen and oxygen atoms in total. The molecule has 2 rings (SSSR count). The second kappa shape index (κ2) is 9.53. The molecule has 0 spiro atoms. The lowest BCUT2D eigenvalue weighted by molar-refractivity contribution is -0.147. The molecule has 0 aliphatic carbocycles. The third-order valence-corrected chi connectivity index (χ3v) is 5.33. The maximum atomic E-state index is 12.9. The number of carbonyl (C=O) groups is 3. The summed E-state index contributed by atoms with van der Waals surface area (Å²) in [6.45, 7) is 6.16. The Hall–Kier alpha value is -2.37. The zero-order chi connectivity index (χ0) is 20.0. The molecule has 0 radical (unpaired) electrons. The average molecular weight is 374 g/mol. The highest BCUT2D eigenvalue weighted by atomic mass is 16.4. The molecule has 0 saturated heterocycles. The van der Waals surface area contributed by atoms with Gasteiger partial charge in [0.2, 0.25) is 11.8 Å². The topological polar surface area (TPSA) is 86.7 Å². The Morgan fingerprint density at radius 1 is 1.22 bits per heavy atom. The summed E-state index contributed by atoms with van der Waals surface area (Å²) in [5.41, 5.74) is 2.07. The number of carbonyl (C=O) groups excluding carboxylic acids is 2. The highest BCUT2D eigenvalue weighted by Crippen LogP contribution is 2.25. The Morgan fingerprint density at radius 2 is 1.89 bits per heavy atom. The number of nitrogens with zero attached hydrogens (tertiary/aromatic N) is 1. The summed E-state index contributed by atoms with van der Waals surface area (Å²) >= 11 is 0. The van der Waals surface area contributed by atoms with Gasteiger partial charge in [-0.2, -0.15) is 0 Å². The minimum atomic E-state index is -1.03. The third kappa shape index (κ3) is 5.08. The fourth-order valence-corrected chi connectivity index (χ4v) is 3.38. The molecule has 3 atom stereocenters. The first-order chi connectivity index (χ1) is 12.9. The van der Waals surface area contributed by atoms with Gasteiger partial charge in [0, 0.05) is 18.9 Å². The van der Waals surface area contributed by atoms with Crippen LogP contribution in [-0.4, -0.2) is 39.9 Å². The molecule has 1 aliphatic heterocycles. The van der Waals surface area contributed by atoms with Crippen LogP contribution in [-0.2, 0) is 27.3 Å². The summed E-state index contributed by atoms with van der Waals surface area (Å²) < 4.78 is 0. The predicted octanol–water partition coefficient (Wildman–Crippen LogP) is 2.75. The van der Waals surface area contributed by atoms with E-state index in [2.05, 4.69) is 5.32 Å². The first-order valence-corrected chi connectivity index (χ1v) is 9.79. The summed E-state index contributed by atoms with van der Waals surface area (Å²) in [5.74, 6) is -1.66. The largest absolute Gasteiger partial charge is 0.480 e. The van der Waals surface area contributed by atoms with E-state index in [-0.39, 0.29) is 17.7 Å². The van der Waals surface area contributed by atoms with Gasteiger partial charge in [-0.25, -0.2) is 4.79 Å². The Labute approximate surface area is 160 Å². The van der Waals surface area contributed by atoms with Crippen molar-refractivity contribution in [3.63, 3.8) is 0 Å². The van der Waals surface area contributed by atoms with Crippen molar-refractivity contribution in [2.24, 2.45) is 5.92 Å². The molecule has 27 heavy (non-hydrogen) atoms. The number of aliphatic carboxylic acids is 1. The number of benzene rings is 1. The van der Waals surface area contributed by atoms with Gasteiger partial charge < -0.3 is 15.3 Å². The van der Waals surface area contributed by atoms with Crippen LogP contribution >= 0.6 is 0 Å². The van der Waals surface area contributed by atoms with Crippen LogP contribution in [0.25, 0.3) is 0 Å². The van der Waals surface area contributed by atoms with E-state index in [1.807, 2.05) is 45.0 Å². The number of unbranched alkanes of at least 4 members (excludes halogenated alkanes) is 1. The van der Waals surface area contributed by atoms with Crippen LogP contribution in [0.1, 0.15) is 57.6 Å². The Bertz CT molecular complexity index is 689. The smallest absolute Gasteiger partial charge is 0.326 e. The van der Waals surface area contributed by atoms with Crippen LogP contribution in [0.5, 0.6) is 0 Å². The van der Waals surface area contributed by atoms with Gasteiger partial charge in [-0.05, 0) is 24.0 Å². The molecule has 0 aromatic heterocycles. The third-order valence-electron chi connectivity index (χ3n) is 5.33. The first-order valence-electron chi connectivity index (χ1n) is 9.79. The SMILES string of the molecule is CCCCC(NC(=O)C1Cc2ccccc2CN1C(=O)C(C)CC)C(=O)O. The predicted molar refractivity (Wildman–Crippen MR) is 103 cm³/mol. The molecule has 0 fully saturated rings. The lowest BCUT2D eigenvalue weighted by Crippen LogP contribution is -2.56. The van der Waals surface area contributed by atoms with Crippen molar-refractivity contribution in [1.82, 2.24) is 10.2 Å². The molecule has 6 heteroatoms. The molecule has 2 N–H and O–H groups in total. The van der Waals surface area contributed by atoms with E-state index in [4.69, 9.17) is 0 Å². The Morgan fingerprint density at radius 3 is 2.48 bits per heavy atom. The van der Waals surface area contributed by atoms with E-state index in [0.717, 1.165) is 24.0 Å². The van der Waals surface area contributed by atoms with Gasteiger partial charge in [-0.15, -0.1) is 0 Å². The van der Waals surface area contributed by atoms with E-state index >= 15 is 0 Å². The van der Waals surface area contributed by atoms with Gasteiger partial charge in [0.05, 0.1) is 0 Å². The van der Waals surface area contributed by atoms with Crippen LogP contribution in [0.15, 0.2) is 24.3 Å². The number of carboxylic acid groups (broad SMARTS) is 1. The zero-order valence-corrected chi connectivity index (χ0v) is 16.4. The van der Waals surface area contributed by atoms with Gasteiger partial charge in [0.25, 0.3) is 0 Å². The van der Waals surface area contributed by atoms with Gasteiger partial charge in [-0.3, -0.25) is 9.59 Å². The van der Waals surface area contributed by atoms with Crippen molar-refractivity contribution in [3.05, 3.63) is 35.4 Å². The number of hydrogen-bond donors (Lipinski definition) is 2. The maximum Gasteiger partial charge on any atom is 0.326 e. The van der Waals surface area contributed by atoms with Crippen LogP contribution in [0, 0.1) is 5.92 Å². The number of rotatable bonds is 8. The molecule has 148 valence electrons. The second-order valence-corrected chi connectivity index (χ2v) is 7.31. The number of amides is 2. The lowest BCUT2D eigenvalue weighted by atomic mass is 9.91. The fraction of sp³-hybridized carbons (Fsp3) is 0.571. The molecule has 1 aromatic carbocycles. The van der Waals surface area contributed by atoms with E-state index in [1.165, 1.54) is 0 Å². The molecule has 1 heterocycles. The molecule has 0 saturated carbocycles. The minimum Gasteiger partial charge on any atom is -0.480 e. The van der Waals surface area contributed by atoms with E-state index in [0.29, 0.717) is 25.8 Å². The van der Waals surface area contributed by atoms with E-state index in [1.54, 1.807) is 4.90 Å². The number of hydrogen-bond acceptors (Lipinski definition) is 3. The van der Waals surface area contributed by atoms with Crippen molar-refractivity contribution in [1.29, 1.82) is 0 Å². The van der Waals surface area contributed by atoms with E-state index in [9.17, 15) is 19.5 Å². The molecule has 1 aliphatic rings. The van der Waals surface area contributed by atoms with Crippen LogP contribution in [0.2, 0.25) is 0 Å². The van der Waals surface area contributed by atoms with Crippen LogP contribution in [0.4, 0.5) is 0 Å². The summed E-state index contributed by atoms with van der Waals surface area (Å²) in [5, 5.41) is 12.1. The lowest BCUT2D eigenvalue weighted by Gasteiger charge is -2.37. The molecule has 3 unspecified atom stereocenters. The highest BCUT2D eigenvalue weighted by molar-refractivity contribution is 5.91. The Kier molecular flexibility index (Phi) is 7.39. The standard InChI is InChI=1S/C21H30N2O4/c1-4-6-11-17(21(26)27)22-19(24)18-12-15-9-7-8-10-16(15)13-23(18)20(25)14(3)5-2/h7-10,14,17-18H,4-6,11-13H2,1-3H3,(H,22,24)(H,26,27). The van der Waals surface area contributed by atoms with Gasteiger partial charge in [-0.1, -0.05) is 57.9 Å². The molecule has 2 amide bonds. The number of carboxylic acids is 1. The fourth-order valence-electron chi connectivity index (χ4n) is 3.38. The van der Waals surface area contributed by atoms with Gasteiger partial charge in [0.1, 0.15) is 12.1 Å². The van der Waals surface area contributed by atoms with Crippen molar-refractivity contribution in [2.75, 3.05) is 0 Å². The van der Waals surface area contributed by atoms with Gasteiger partial charge >= 0.3 is 5.97 Å². The van der Waals surface area contributed by atoms with Gasteiger partial charge in [0.15, 0.2) is 0 Å².